The Morgan fingerprint density at radius 1 is 1.05 bits per heavy atom. The minimum atomic E-state index is -3.61. The first-order chi connectivity index (χ1) is 17.5. The molecule has 2 rings (SSSR count). The highest BCUT2D eigenvalue weighted by atomic mass is 32.2. The van der Waals surface area contributed by atoms with Crippen LogP contribution in [0, 0.1) is 24.0 Å². The van der Waals surface area contributed by atoms with Gasteiger partial charge in [-0.15, -0.1) is 6.42 Å². The van der Waals surface area contributed by atoms with Crippen LogP contribution >= 0.6 is 0 Å². The summed E-state index contributed by atoms with van der Waals surface area (Å²) >= 11 is 0. The fraction of sp³-hybridized carbons (Fsp3) is 0.385. The number of aliphatic hydroxyl groups is 1. The summed E-state index contributed by atoms with van der Waals surface area (Å²) in [6, 6.07) is 9.16. The van der Waals surface area contributed by atoms with E-state index in [9.17, 15) is 31.9 Å². The summed E-state index contributed by atoms with van der Waals surface area (Å²) in [6.45, 7) is 0.389. The van der Waals surface area contributed by atoms with Crippen molar-refractivity contribution in [3.05, 3.63) is 70.8 Å². The number of primary amides is 1. The van der Waals surface area contributed by atoms with Crippen molar-refractivity contribution in [1.82, 2.24) is 10.6 Å². The van der Waals surface area contributed by atoms with Crippen LogP contribution in [0.1, 0.15) is 36.0 Å². The Bertz CT molecular complexity index is 1210. The van der Waals surface area contributed by atoms with E-state index >= 15 is 0 Å². The second-order valence-corrected chi connectivity index (χ2v) is 11.0. The predicted molar refractivity (Wildman–Crippen MR) is 136 cm³/mol. The van der Waals surface area contributed by atoms with Crippen LogP contribution in [-0.2, 0) is 32.4 Å². The smallest absolute Gasteiger partial charge is 0.221 e. The number of nitrogens with one attached hydrogen (secondary N) is 2. The summed E-state index contributed by atoms with van der Waals surface area (Å²) in [4.78, 5) is 23.3. The molecule has 5 N–H and O–H groups in total. The van der Waals surface area contributed by atoms with Gasteiger partial charge in [-0.3, -0.25) is 9.59 Å². The zero-order chi connectivity index (χ0) is 27.4. The Morgan fingerprint density at radius 3 is 2.41 bits per heavy atom. The zero-order valence-electron chi connectivity index (χ0n) is 20.3. The Labute approximate surface area is 215 Å². The summed E-state index contributed by atoms with van der Waals surface area (Å²) in [5.41, 5.74) is 6.79. The summed E-state index contributed by atoms with van der Waals surface area (Å²) in [5.74, 6) is -1.09. The maximum atomic E-state index is 13.7. The number of carbonyl (C=O) groups is 2. The molecule has 2 aromatic carbocycles. The van der Waals surface area contributed by atoms with E-state index in [0.717, 1.165) is 17.7 Å². The lowest BCUT2D eigenvalue weighted by Crippen LogP contribution is -2.49. The number of hydrogen-bond donors (Lipinski definition) is 4. The first kappa shape index (κ1) is 29.9. The van der Waals surface area contributed by atoms with Crippen LogP contribution in [0.5, 0.6) is 0 Å². The van der Waals surface area contributed by atoms with Crippen LogP contribution in [0.3, 0.4) is 0 Å². The largest absolute Gasteiger partial charge is 0.390 e. The second kappa shape index (κ2) is 14.4. The van der Waals surface area contributed by atoms with Crippen LogP contribution in [0.4, 0.5) is 8.78 Å². The third kappa shape index (κ3) is 11.5. The normalized spacial score (nSPS) is 12.9. The van der Waals surface area contributed by atoms with Crippen molar-refractivity contribution in [3.8, 4) is 12.3 Å². The van der Waals surface area contributed by atoms with Gasteiger partial charge in [-0.05, 0) is 48.2 Å². The van der Waals surface area contributed by atoms with Crippen molar-refractivity contribution in [2.24, 2.45) is 5.73 Å². The summed E-state index contributed by atoms with van der Waals surface area (Å²) < 4.78 is 51.6. The average molecular weight is 536 g/mol. The molecule has 0 spiro atoms. The molecular weight excluding hydrogens is 504 g/mol. The molecule has 0 fully saturated rings. The standard InChI is InChI=1S/C26H31F2N3O5S/c1-2-18-5-3-6-19(11-18)16-30-17-24(32)23(14-20-12-21(27)15-22(28)13-20)31-26(34)8-10-37(35,36)9-4-7-25(29)33/h1,3,5-6,11-13,15,23-24,30,32H,4,7-10,14,16-17H2,(H2,29,33)(H,31,34). The van der Waals surface area contributed by atoms with E-state index in [1.54, 1.807) is 18.2 Å². The highest BCUT2D eigenvalue weighted by Crippen LogP contribution is 2.13. The molecule has 0 radical (unpaired) electrons. The van der Waals surface area contributed by atoms with Crippen LogP contribution < -0.4 is 16.4 Å². The van der Waals surface area contributed by atoms with Crippen LogP contribution in [0.15, 0.2) is 42.5 Å². The van der Waals surface area contributed by atoms with Gasteiger partial charge in [0, 0.05) is 37.6 Å². The molecule has 11 heteroatoms. The summed E-state index contributed by atoms with van der Waals surface area (Å²) in [7, 11) is -3.61. The molecule has 2 atom stereocenters. The van der Waals surface area contributed by atoms with E-state index in [1.165, 1.54) is 0 Å². The molecule has 2 unspecified atom stereocenters. The fourth-order valence-corrected chi connectivity index (χ4v) is 4.92. The number of benzene rings is 2. The molecule has 200 valence electrons. The maximum absolute atomic E-state index is 13.7. The Hall–Kier alpha value is -3.33. The number of hydrogen-bond acceptors (Lipinski definition) is 6. The first-order valence-corrected chi connectivity index (χ1v) is 13.5. The number of nitrogens with two attached hydrogens (primary N) is 1. The molecule has 0 heterocycles. The lowest BCUT2D eigenvalue weighted by molar-refractivity contribution is -0.122. The number of terminal acetylenes is 1. The highest BCUT2D eigenvalue weighted by molar-refractivity contribution is 7.91. The van der Waals surface area contributed by atoms with Crippen molar-refractivity contribution < 1.29 is 31.9 Å². The number of aliphatic hydroxyl groups excluding tert-OH is 1. The van der Waals surface area contributed by atoms with Gasteiger partial charge in [-0.1, -0.05) is 18.1 Å². The van der Waals surface area contributed by atoms with Gasteiger partial charge in [0.15, 0.2) is 9.84 Å². The molecular formula is C26H31F2N3O5S. The highest BCUT2D eigenvalue weighted by Gasteiger charge is 2.23. The number of carbonyl (C=O) groups excluding carboxylic acids is 2. The predicted octanol–water partition coefficient (Wildman–Crippen LogP) is 1.19. The van der Waals surface area contributed by atoms with Gasteiger partial charge in [0.05, 0.1) is 23.7 Å². The van der Waals surface area contributed by atoms with Gasteiger partial charge in [0.1, 0.15) is 11.6 Å². The second-order valence-electron chi connectivity index (χ2n) is 8.67. The van der Waals surface area contributed by atoms with Crippen molar-refractivity contribution >= 4 is 21.7 Å². The lowest BCUT2D eigenvalue weighted by atomic mass is 10.0. The number of sulfone groups is 1. The van der Waals surface area contributed by atoms with Crippen molar-refractivity contribution in [3.63, 3.8) is 0 Å². The number of halogens is 2. The molecule has 0 aromatic heterocycles. The van der Waals surface area contributed by atoms with Crippen LogP contribution in [-0.4, -0.2) is 55.5 Å². The van der Waals surface area contributed by atoms with Crippen LogP contribution in [0.2, 0.25) is 0 Å². The van der Waals surface area contributed by atoms with E-state index in [2.05, 4.69) is 16.6 Å². The van der Waals surface area contributed by atoms with E-state index in [1.807, 2.05) is 6.07 Å². The molecule has 0 bridgehead atoms. The minimum absolute atomic E-state index is 0.0223. The maximum Gasteiger partial charge on any atom is 0.221 e. The van der Waals surface area contributed by atoms with Gasteiger partial charge < -0.3 is 21.5 Å². The van der Waals surface area contributed by atoms with E-state index < -0.39 is 51.2 Å². The Kier molecular flexibility index (Phi) is 11.7. The summed E-state index contributed by atoms with van der Waals surface area (Å²) in [5, 5.41) is 16.4. The zero-order valence-corrected chi connectivity index (χ0v) is 21.1. The van der Waals surface area contributed by atoms with Gasteiger partial charge in [-0.25, -0.2) is 17.2 Å². The molecule has 8 nitrogen and oxygen atoms in total. The molecule has 0 aliphatic heterocycles. The topological polar surface area (TPSA) is 139 Å². The first-order valence-electron chi connectivity index (χ1n) is 11.6. The van der Waals surface area contributed by atoms with Gasteiger partial charge in [0.2, 0.25) is 11.8 Å². The van der Waals surface area contributed by atoms with Crippen molar-refractivity contribution in [2.45, 2.75) is 44.4 Å². The monoisotopic (exact) mass is 535 g/mol. The third-order valence-corrected chi connectivity index (χ3v) is 7.22. The van der Waals surface area contributed by atoms with Crippen LogP contribution in [0.25, 0.3) is 0 Å². The minimum Gasteiger partial charge on any atom is -0.390 e. The molecule has 0 saturated carbocycles. The van der Waals surface area contributed by atoms with Crippen molar-refractivity contribution in [2.75, 3.05) is 18.1 Å². The van der Waals surface area contributed by atoms with E-state index in [4.69, 9.17) is 12.2 Å². The number of amides is 2. The van der Waals surface area contributed by atoms with E-state index in [0.29, 0.717) is 18.2 Å². The summed E-state index contributed by atoms with van der Waals surface area (Å²) in [6.07, 6.45) is 3.73. The quantitative estimate of drug-likeness (QED) is 0.253. The van der Waals surface area contributed by atoms with E-state index in [-0.39, 0.29) is 43.5 Å². The average Bonchev–Trinajstić information content (AvgIpc) is 2.81. The SMILES string of the molecule is C#Cc1cccc(CNCC(O)C(Cc2cc(F)cc(F)c2)NC(=O)CCS(=O)(=O)CCCC(N)=O)c1. The molecule has 0 saturated heterocycles. The molecule has 37 heavy (non-hydrogen) atoms. The Morgan fingerprint density at radius 2 is 1.76 bits per heavy atom. The molecule has 0 aliphatic rings. The molecule has 2 aromatic rings. The van der Waals surface area contributed by atoms with Crippen molar-refractivity contribution in [1.29, 1.82) is 0 Å². The van der Waals surface area contributed by atoms with Gasteiger partial charge in [-0.2, -0.15) is 0 Å². The molecule has 2 amide bonds. The lowest BCUT2D eigenvalue weighted by Gasteiger charge is -2.25. The fourth-order valence-electron chi connectivity index (χ4n) is 3.64. The van der Waals surface area contributed by atoms with Gasteiger partial charge >= 0.3 is 0 Å². The number of rotatable bonds is 15. The molecule has 0 aliphatic carbocycles. The Balaban J connectivity index is 2.02. The third-order valence-electron chi connectivity index (χ3n) is 5.48. The van der Waals surface area contributed by atoms with Gasteiger partial charge in [0.25, 0.3) is 0 Å².